The number of hydrogen-bond acceptors (Lipinski definition) is 5. The van der Waals surface area contributed by atoms with Crippen LogP contribution >= 0.6 is 0 Å². The van der Waals surface area contributed by atoms with Crippen molar-refractivity contribution in [1.29, 1.82) is 0 Å². The van der Waals surface area contributed by atoms with E-state index >= 15 is 0 Å². The summed E-state index contributed by atoms with van der Waals surface area (Å²) < 4.78 is 37.5. The molecule has 8 nitrogen and oxygen atoms in total. The molecule has 0 bridgehead atoms. The van der Waals surface area contributed by atoms with Crippen LogP contribution in [0.1, 0.15) is 53.8 Å². The van der Waals surface area contributed by atoms with Crippen LogP contribution in [-0.4, -0.2) is 38.0 Å². The van der Waals surface area contributed by atoms with E-state index < -0.39 is 29.4 Å². The lowest BCUT2D eigenvalue weighted by Gasteiger charge is -2.13. The second kappa shape index (κ2) is 13.1. The van der Waals surface area contributed by atoms with Crippen LogP contribution in [0.25, 0.3) is 0 Å². The lowest BCUT2D eigenvalue weighted by Crippen LogP contribution is -2.41. The van der Waals surface area contributed by atoms with Gasteiger partial charge in [0.25, 0.3) is 11.8 Å². The number of nitrogens with one attached hydrogen (secondary N) is 3. The van der Waals surface area contributed by atoms with Gasteiger partial charge in [-0.25, -0.2) is 8.78 Å². The Labute approximate surface area is 197 Å². The number of ether oxygens (including phenoxy) is 2. The Morgan fingerprint density at radius 3 is 2.41 bits per heavy atom. The van der Waals surface area contributed by atoms with Gasteiger partial charge in [-0.3, -0.25) is 25.2 Å². The Bertz CT molecular complexity index is 1010. The molecule has 0 saturated carbocycles. The predicted molar refractivity (Wildman–Crippen MR) is 121 cm³/mol. The summed E-state index contributed by atoms with van der Waals surface area (Å²) in [6.07, 6.45) is 1.12. The average Bonchev–Trinajstić information content (AvgIpc) is 2.80. The number of amides is 3. The molecule has 10 heteroatoms. The monoisotopic (exact) mass is 477 g/mol. The smallest absolute Gasteiger partial charge is 0.269 e. The lowest BCUT2D eigenvalue weighted by molar-refractivity contribution is -0.121. The molecular weight excluding hydrogens is 448 g/mol. The van der Waals surface area contributed by atoms with Gasteiger partial charge in [0.05, 0.1) is 19.3 Å². The summed E-state index contributed by atoms with van der Waals surface area (Å²) in [4.78, 5) is 36.2. The van der Waals surface area contributed by atoms with Gasteiger partial charge in [0.15, 0.2) is 11.5 Å². The molecule has 184 valence electrons. The molecule has 3 amide bonds. The molecule has 0 aromatic heterocycles. The molecule has 0 radical (unpaired) electrons. The number of hydrogen-bond donors (Lipinski definition) is 3. The van der Waals surface area contributed by atoms with Gasteiger partial charge in [0.1, 0.15) is 11.6 Å². The maximum Gasteiger partial charge on any atom is 0.269 e. The molecular formula is C24H29F2N3O5. The van der Waals surface area contributed by atoms with E-state index in [9.17, 15) is 23.2 Å². The van der Waals surface area contributed by atoms with Crippen molar-refractivity contribution in [3.8, 4) is 11.5 Å². The van der Waals surface area contributed by atoms with Crippen molar-refractivity contribution in [3.63, 3.8) is 0 Å². The van der Waals surface area contributed by atoms with Crippen molar-refractivity contribution in [2.75, 3.05) is 20.3 Å². The molecule has 2 rings (SSSR count). The summed E-state index contributed by atoms with van der Waals surface area (Å²) >= 11 is 0. The molecule has 0 aliphatic heterocycles. The van der Waals surface area contributed by atoms with Crippen molar-refractivity contribution >= 4 is 17.7 Å². The first-order chi connectivity index (χ1) is 16.2. The zero-order valence-corrected chi connectivity index (χ0v) is 19.4. The van der Waals surface area contributed by atoms with E-state index in [0.29, 0.717) is 30.1 Å². The van der Waals surface area contributed by atoms with Crippen LogP contribution in [0.5, 0.6) is 11.5 Å². The van der Waals surface area contributed by atoms with E-state index in [1.807, 2.05) is 0 Å². The second-order valence-corrected chi connectivity index (χ2v) is 7.88. The summed E-state index contributed by atoms with van der Waals surface area (Å²) in [5.74, 6) is -2.06. The zero-order valence-electron chi connectivity index (χ0n) is 19.4. The molecule has 3 N–H and O–H groups in total. The van der Waals surface area contributed by atoms with Crippen LogP contribution in [0.2, 0.25) is 0 Å². The third-order valence-corrected chi connectivity index (χ3v) is 4.74. The van der Waals surface area contributed by atoms with E-state index in [2.05, 4.69) is 30.0 Å². The van der Waals surface area contributed by atoms with Gasteiger partial charge in [0.2, 0.25) is 5.91 Å². The van der Waals surface area contributed by atoms with Crippen LogP contribution in [0, 0.1) is 17.6 Å². The highest BCUT2D eigenvalue weighted by Gasteiger charge is 2.14. The zero-order chi connectivity index (χ0) is 25.1. The van der Waals surface area contributed by atoms with Crippen molar-refractivity contribution in [1.82, 2.24) is 16.2 Å². The summed E-state index contributed by atoms with van der Waals surface area (Å²) in [6.45, 7) is 4.79. The molecule has 0 spiro atoms. The van der Waals surface area contributed by atoms with E-state index in [-0.39, 0.29) is 30.5 Å². The highest BCUT2D eigenvalue weighted by molar-refractivity contribution is 5.96. The molecule has 0 saturated heterocycles. The van der Waals surface area contributed by atoms with Crippen LogP contribution < -0.4 is 25.6 Å². The molecule has 0 aliphatic carbocycles. The van der Waals surface area contributed by atoms with Crippen LogP contribution in [0.15, 0.2) is 36.4 Å². The molecule has 0 fully saturated rings. The largest absolute Gasteiger partial charge is 0.493 e. The van der Waals surface area contributed by atoms with Gasteiger partial charge in [-0.2, -0.15) is 0 Å². The number of carbonyl (C=O) groups is 3. The fourth-order valence-corrected chi connectivity index (χ4v) is 2.81. The number of benzene rings is 2. The maximum absolute atomic E-state index is 13.6. The summed E-state index contributed by atoms with van der Waals surface area (Å²) in [5.41, 5.74) is 4.58. The Kier molecular flexibility index (Phi) is 10.3. The number of carbonyl (C=O) groups excluding carboxylic acids is 3. The van der Waals surface area contributed by atoms with Crippen LogP contribution in [0.4, 0.5) is 8.78 Å². The van der Waals surface area contributed by atoms with Crippen LogP contribution in [0.3, 0.4) is 0 Å². The first-order valence-electron chi connectivity index (χ1n) is 10.8. The van der Waals surface area contributed by atoms with Crippen molar-refractivity contribution < 1.29 is 32.6 Å². The fraction of sp³-hybridized carbons (Fsp3) is 0.375. The first kappa shape index (κ1) is 26.6. The van der Waals surface area contributed by atoms with Crippen molar-refractivity contribution in [2.24, 2.45) is 5.92 Å². The summed E-state index contributed by atoms with van der Waals surface area (Å²) in [7, 11) is 1.47. The lowest BCUT2D eigenvalue weighted by atomic mass is 10.1. The highest BCUT2D eigenvalue weighted by Crippen LogP contribution is 2.28. The minimum Gasteiger partial charge on any atom is -0.493 e. The maximum atomic E-state index is 13.6. The topological polar surface area (TPSA) is 106 Å². The minimum atomic E-state index is -0.968. The molecule has 2 aromatic carbocycles. The van der Waals surface area contributed by atoms with Gasteiger partial charge in [-0.15, -0.1) is 0 Å². The van der Waals surface area contributed by atoms with E-state index in [1.165, 1.54) is 13.2 Å². The van der Waals surface area contributed by atoms with Gasteiger partial charge in [-0.05, 0) is 49.1 Å². The summed E-state index contributed by atoms with van der Waals surface area (Å²) in [5, 5.41) is 2.45. The number of rotatable bonds is 11. The van der Waals surface area contributed by atoms with E-state index in [4.69, 9.17) is 9.47 Å². The molecule has 0 aliphatic rings. The van der Waals surface area contributed by atoms with Crippen molar-refractivity contribution in [3.05, 3.63) is 59.2 Å². The Hall–Kier alpha value is -3.69. The molecule has 2 aromatic rings. The number of hydrazine groups is 1. The number of methoxy groups -OCH3 is 1. The van der Waals surface area contributed by atoms with Crippen molar-refractivity contribution in [2.45, 2.75) is 33.1 Å². The highest BCUT2D eigenvalue weighted by atomic mass is 19.1. The standard InChI is InChI=1S/C24H29F2N3O5/c1-15(2)10-12-34-20-9-6-16(13-21(20)33-3)23(31)29-28-22(30)5-4-11-27-24(32)18-8-7-17(25)14-19(18)26/h6-9,13-15H,4-5,10-12H2,1-3H3,(H,27,32)(H,28,30)(H,29,31). The minimum absolute atomic E-state index is 0.00158. The SMILES string of the molecule is COc1cc(C(=O)NNC(=O)CCCNC(=O)c2ccc(F)cc2F)ccc1OCCC(C)C. The van der Waals surface area contributed by atoms with E-state index in [0.717, 1.165) is 18.6 Å². The van der Waals surface area contributed by atoms with E-state index in [1.54, 1.807) is 12.1 Å². The Balaban J connectivity index is 1.74. The summed E-state index contributed by atoms with van der Waals surface area (Å²) in [6, 6.07) is 7.34. The molecule has 0 heterocycles. The molecule has 0 unspecified atom stereocenters. The molecule has 0 atom stereocenters. The predicted octanol–water partition coefficient (Wildman–Crippen LogP) is 3.37. The first-order valence-corrected chi connectivity index (χ1v) is 10.8. The average molecular weight is 478 g/mol. The Morgan fingerprint density at radius 2 is 1.74 bits per heavy atom. The van der Waals surface area contributed by atoms with Crippen LogP contribution in [-0.2, 0) is 4.79 Å². The van der Waals surface area contributed by atoms with Gasteiger partial charge < -0.3 is 14.8 Å². The third kappa shape index (κ3) is 8.34. The Morgan fingerprint density at radius 1 is 0.971 bits per heavy atom. The third-order valence-electron chi connectivity index (χ3n) is 4.74. The fourth-order valence-electron chi connectivity index (χ4n) is 2.81. The van der Waals surface area contributed by atoms with Gasteiger partial charge in [0, 0.05) is 24.6 Å². The second-order valence-electron chi connectivity index (χ2n) is 7.88. The van der Waals surface area contributed by atoms with Gasteiger partial charge in [-0.1, -0.05) is 13.8 Å². The molecule has 34 heavy (non-hydrogen) atoms. The number of halogens is 2. The normalized spacial score (nSPS) is 10.5. The van der Waals surface area contributed by atoms with Gasteiger partial charge >= 0.3 is 0 Å². The quantitative estimate of drug-likeness (QED) is 0.340.